The van der Waals surface area contributed by atoms with Gasteiger partial charge in [0, 0.05) is 17.3 Å². The summed E-state index contributed by atoms with van der Waals surface area (Å²) in [5.74, 6) is -3.05. The molecule has 5 nitrogen and oxygen atoms in total. The molecule has 0 aliphatic carbocycles. The van der Waals surface area contributed by atoms with Gasteiger partial charge in [-0.15, -0.1) is 0 Å². The fourth-order valence-corrected chi connectivity index (χ4v) is 4.41. The molecule has 0 N–H and O–H groups in total. The van der Waals surface area contributed by atoms with Crippen LogP contribution in [0.5, 0.6) is 0 Å². The fraction of sp³-hybridized carbons (Fsp3) is 0.263. The molecule has 1 amide bonds. The number of aliphatic carboxylic acids is 1. The third-order valence-electron chi connectivity index (χ3n) is 5.43. The monoisotopic (exact) mass is 320 g/mol. The summed E-state index contributed by atoms with van der Waals surface area (Å²) in [6, 6.07) is 13.6. The second-order valence-electron chi connectivity index (χ2n) is 6.64. The maximum Gasteiger partial charge on any atom is 0.234 e. The Labute approximate surface area is 138 Å². The molecule has 3 aliphatic heterocycles. The number of hydrogen-bond donors (Lipinski definition) is 0. The van der Waals surface area contributed by atoms with E-state index >= 15 is 0 Å². The van der Waals surface area contributed by atoms with Crippen LogP contribution in [0.4, 0.5) is 5.69 Å². The minimum Gasteiger partial charge on any atom is -0.550 e. The summed E-state index contributed by atoms with van der Waals surface area (Å²) >= 11 is 0. The Morgan fingerprint density at radius 3 is 2.83 bits per heavy atom. The molecule has 5 rings (SSSR count). The Hall–Kier alpha value is -2.66. The van der Waals surface area contributed by atoms with E-state index in [2.05, 4.69) is 0 Å². The molecule has 2 aromatic carbocycles. The van der Waals surface area contributed by atoms with E-state index < -0.39 is 29.5 Å². The van der Waals surface area contributed by atoms with Gasteiger partial charge in [-0.05, 0) is 11.5 Å². The Bertz CT molecular complexity index is 915. The van der Waals surface area contributed by atoms with E-state index in [4.69, 9.17) is 4.74 Å². The summed E-state index contributed by atoms with van der Waals surface area (Å²) in [6.07, 6.45) is 3.04. The average molecular weight is 320 g/mol. The summed E-state index contributed by atoms with van der Waals surface area (Å²) < 4.78 is 5.90. The Balaban J connectivity index is 1.64. The van der Waals surface area contributed by atoms with Gasteiger partial charge in [0.1, 0.15) is 5.60 Å². The lowest BCUT2D eigenvalue weighted by molar-refractivity contribution is -0.313. The van der Waals surface area contributed by atoms with Crippen LogP contribution in [0.3, 0.4) is 0 Å². The lowest BCUT2D eigenvalue weighted by Gasteiger charge is -2.24. The SMILES string of the molecule is O=C([O-])[C@H]1[C@H]2C=C[C@]3(CN(c4cccc5ccccc45)C(=O)[C@@H]13)O2. The molecule has 0 radical (unpaired) electrons. The van der Waals surface area contributed by atoms with Gasteiger partial charge in [0.2, 0.25) is 5.91 Å². The smallest absolute Gasteiger partial charge is 0.234 e. The molecule has 5 heteroatoms. The Kier molecular flexibility index (Phi) is 2.55. The van der Waals surface area contributed by atoms with Crippen molar-refractivity contribution in [1.29, 1.82) is 0 Å². The van der Waals surface area contributed by atoms with Crippen molar-refractivity contribution in [2.45, 2.75) is 11.7 Å². The molecule has 0 unspecified atom stereocenters. The topological polar surface area (TPSA) is 69.7 Å². The van der Waals surface area contributed by atoms with Gasteiger partial charge in [-0.25, -0.2) is 0 Å². The maximum atomic E-state index is 13.1. The number of ether oxygens (including phenoxy) is 1. The molecule has 2 aromatic rings. The third-order valence-corrected chi connectivity index (χ3v) is 5.43. The van der Waals surface area contributed by atoms with Crippen molar-refractivity contribution in [3.8, 4) is 0 Å². The molecule has 3 heterocycles. The maximum absolute atomic E-state index is 13.1. The zero-order valence-corrected chi connectivity index (χ0v) is 12.7. The van der Waals surface area contributed by atoms with Crippen molar-refractivity contribution in [2.75, 3.05) is 11.4 Å². The van der Waals surface area contributed by atoms with Crippen LogP contribution >= 0.6 is 0 Å². The van der Waals surface area contributed by atoms with Crippen LogP contribution in [-0.4, -0.2) is 30.1 Å². The standard InChI is InChI=1S/C19H15NO4/c21-17-16-15(18(22)23)14-8-9-19(16,24-14)10-20(17)13-7-3-5-11-4-1-2-6-12(11)13/h1-9,14-16H,10H2,(H,22,23)/p-1/t14-,15+,16-,19-/m1/s1. The second kappa shape index (κ2) is 4.45. The van der Waals surface area contributed by atoms with E-state index in [9.17, 15) is 14.7 Å². The molecule has 0 aromatic heterocycles. The van der Waals surface area contributed by atoms with Crippen molar-refractivity contribution < 1.29 is 19.4 Å². The van der Waals surface area contributed by atoms with Gasteiger partial charge in [0.05, 0.1) is 24.3 Å². The van der Waals surface area contributed by atoms with Gasteiger partial charge in [-0.3, -0.25) is 4.79 Å². The number of hydrogen-bond acceptors (Lipinski definition) is 4. The normalized spacial score (nSPS) is 33.4. The fourth-order valence-electron chi connectivity index (χ4n) is 4.41. The van der Waals surface area contributed by atoms with Gasteiger partial charge in [-0.1, -0.05) is 48.6 Å². The number of fused-ring (bicyclic) bond motifs is 2. The van der Waals surface area contributed by atoms with Gasteiger partial charge in [0.15, 0.2) is 0 Å². The van der Waals surface area contributed by atoms with Crippen LogP contribution in [0.2, 0.25) is 0 Å². The molecular formula is C19H14NO4-. The van der Waals surface area contributed by atoms with E-state index in [-0.39, 0.29) is 5.91 Å². The van der Waals surface area contributed by atoms with E-state index in [1.54, 1.807) is 11.0 Å². The van der Waals surface area contributed by atoms with Crippen LogP contribution in [0.25, 0.3) is 10.8 Å². The van der Waals surface area contributed by atoms with Crippen LogP contribution in [-0.2, 0) is 14.3 Å². The molecule has 2 bridgehead atoms. The lowest BCUT2D eigenvalue weighted by atomic mass is 9.77. The zero-order chi connectivity index (χ0) is 16.5. The lowest BCUT2D eigenvalue weighted by Crippen LogP contribution is -2.45. The molecule has 1 spiro atoms. The molecule has 0 saturated carbocycles. The van der Waals surface area contributed by atoms with Gasteiger partial charge < -0.3 is 19.5 Å². The van der Waals surface area contributed by atoms with Crippen molar-refractivity contribution in [2.24, 2.45) is 11.8 Å². The van der Waals surface area contributed by atoms with Crippen LogP contribution < -0.4 is 10.0 Å². The summed E-state index contributed by atoms with van der Waals surface area (Å²) in [5.41, 5.74) is -0.0527. The number of nitrogens with zero attached hydrogens (tertiary/aromatic N) is 1. The molecule has 120 valence electrons. The third kappa shape index (κ3) is 1.57. The predicted octanol–water partition coefficient (Wildman–Crippen LogP) is 0.876. The minimum atomic E-state index is -1.22. The number of carboxylic acid groups (broad SMARTS) is 1. The minimum absolute atomic E-state index is 0.201. The highest BCUT2D eigenvalue weighted by molar-refractivity contribution is 6.08. The second-order valence-corrected chi connectivity index (χ2v) is 6.64. The molecule has 3 aliphatic rings. The van der Waals surface area contributed by atoms with Crippen molar-refractivity contribution in [1.82, 2.24) is 0 Å². The van der Waals surface area contributed by atoms with Crippen LogP contribution in [0, 0.1) is 11.8 Å². The number of benzene rings is 2. The molecule has 24 heavy (non-hydrogen) atoms. The van der Waals surface area contributed by atoms with Gasteiger partial charge in [-0.2, -0.15) is 0 Å². The van der Waals surface area contributed by atoms with E-state index in [0.29, 0.717) is 6.54 Å². The summed E-state index contributed by atoms with van der Waals surface area (Å²) in [5, 5.41) is 13.5. The van der Waals surface area contributed by atoms with Crippen LogP contribution in [0.1, 0.15) is 0 Å². The highest BCUT2D eigenvalue weighted by Crippen LogP contribution is 2.52. The first-order valence-corrected chi connectivity index (χ1v) is 7.98. The van der Waals surface area contributed by atoms with Gasteiger partial charge >= 0.3 is 0 Å². The summed E-state index contributed by atoms with van der Waals surface area (Å²) in [6.45, 7) is 0.335. The van der Waals surface area contributed by atoms with Crippen molar-refractivity contribution >= 4 is 28.3 Å². The predicted molar refractivity (Wildman–Crippen MR) is 85.0 cm³/mol. The summed E-state index contributed by atoms with van der Waals surface area (Å²) in [4.78, 5) is 26.2. The number of carboxylic acids is 1. The Morgan fingerprint density at radius 1 is 1.21 bits per heavy atom. The number of anilines is 1. The molecule has 2 fully saturated rings. The van der Waals surface area contributed by atoms with Crippen LogP contribution in [0.15, 0.2) is 54.6 Å². The van der Waals surface area contributed by atoms with Crippen molar-refractivity contribution in [3.63, 3.8) is 0 Å². The van der Waals surface area contributed by atoms with Crippen molar-refractivity contribution in [3.05, 3.63) is 54.6 Å². The largest absolute Gasteiger partial charge is 0.550 e. The van der Waals surface area contributed by atoms with E-state index in [1.165, 1.54) is 0 Å². The number of amides is 1. The quantitative estimate of drug-likeness (QED) is 0.770. The van der Waals surface area contributed by atoms with Gasteiger partial charge in [0.25, 0.3) is 0 Å². The highest BCUT2D eigenvalue weighted by Gasteiger charge is 2.65. The number of rotatable bonds is 2. The first kappa shape index (κ1) is 13.7. The van der Waals surface area contributed by atoms with E-state index in [0.717, 1.165) is 16.5 Å². The number of carbonyl (C=O) groups is 2. The first-order valence-electron chi connectivity index (χ1n) is 7.98. The molecular weight excluding hydrogens is 306 g/mol. The highest BCUT2D eigenvalue weighted by atomic mass is 16.5. The number of carbonyl (C=O) groups excluding carboxylic acids is 2. The summed E-state index contributed by atoms with van der Waals surface area (Å²) in [7, 11) is 0. The van der Waals surface area contributed by atoms with E-state index in [1.807, 2.05) is 48.5 Å². The zero-order valence-electron chi connectivity index (χ0n) is 12.7. The molecule has 2 saturated heterocycles. The molecule has 4 atom stereocenters. The average Bonchev–Trinajstić information content (AvgIpc) is 3.22. The Morgan fingerprint density at radius 2 is 2.00 bits per heavy atom. The first-order chi connectivity index (χ1) is 11.6.